The van der Waals surface area contributed by atoms with Crippen LogP contribution in [0, 0.1) is 13.8 Å². The average molecular weight is 461 g/mol. The summed E-state index contributed by atoms with van der Waals surface area (Å²) < 4.78 is 10.6. The molecule has 2 aliphatic heterocycles. The molecular weight excluding hydrogens is 432 g/mol. The van der Waals surface area contributed by atoms with E-state index >= 15 is 0 Å². The molecule has 0 N–H and O–H groups in total. The summed E-state index contributed by atoms with van der Waals surface area (Å²) in [5.41, 5.74) is 3.44. The van der Waals surface area contributed by atoms with E-state index < -0.39 is 0 Å². The predicted octanol–water partition coefficient (Wildman–Crippen LogP) is 3.44. The number of amides is 2. The number of aryl methyl sites for hydroxylation is 2. The third-order valence-electron chi connectivity index (χ3n) is 5.83. The molecule has 0 aliphatic carbocycles. The van der Waals surface area contributed by atoms with Crippen LogP contribution in [0.3, 0.4) is 0 Å². The first-order chi connectivity index (χ1) is 14.9. The van der Waals surface area contributed by atoms with Gasteiger partial charge in [-0.15, -0.1) is 12.4 Å². The Balaban J connectivity index is 0.00000289. The van der Waals surface area contributed by atoms with Gasteiger partial charge < -0.3 is 19.3 Å². The second-order valence-electron chi connectivity index (χ2n) is 8.11. The van der Waals surface area contributed by atoms with Crippen molar-refractivity contribution in [2.75, 3.05) is 49.7 Å². The fourth-order valence-corrected chi connectivity index (χ4v) is 4.21. The van der Waals surface area contributed by atoms with E-state index in [-0.39, 0.29) is 30.4 Å². The average Bonchev–Trinajstić information content (AvgIpc) is 3.11. The zero-order valence-corrected chi connectivity index (χ0v) is 19.6. The number of cyclic esters (lactones) is 1. The largest absolute Gasteiger partial charge is 0.496 e. The number of pyridine rings is 1. The molecule has 2 saturated heterocycles. The number of benzene rings is 1. The van der Waals surface area contributed by atoms with Gasteiger partial charge in [0.05, 0.1) is 24.4 Å². The van der Waals surface area contributed by atoms with Crippen LogP contribution in [0.5, 0.6) is 5.75 Å². The Labute approximate surface area is 194 Å². The van der Waals surface area contributed by atoms with Gasteiger partial charge in [0.1, 0.15) is 18.2 Å². The maximum atomic E-state index is 13.2. The minimum atomic E-state index is -0.384. The molecule has 1 aromatic carbocycles. The molecule has 1 atom stereocenters. The van der Waals surface area contributed by atoms with Gasteiger partial charge in [0, 0.05) is 38.4 Å². The van der Waals surface area contributed by atoms with E-state index in [0.717, 1.165) is 30.0 Å². The highest BCUT2D eigenvalue weighted by atomic mass is 35.5. The fourth-order valence-electron chi connectivity index (χ4n) is 4.21. The lowest BCUT2D eigenvalue weighted by Gasteiger charge is -2.36. The second-order valence-corrected chi connectivity index (χ2v) is 8.11. The molecule has 0 radical (unpaired) electrons. The number of rotatable bonds is 4. The van der Waals surface area contributed by atoms with Crippen molar-refractivity contribution in [3.63, 3.8) is 0 Å². The van der Waals surface area contributed by atoms with Crippen LogP contribution in [0.2, 0.25) is 0 Å². The van der Waals surface area contributed by atoms with Crippen LogP contribution in [0.15, 0.2) is 30.5 Å². The van der Waals surface area contributed by atoms with Gasteiger partial charge in [-0.05, 0) is 44.0 Å². The van der Waals surface area contributed by atoms with Crippen molar-refractivity contribution >= 4 is 35.9 Å². The number of hydrogen-bond donors (Lipinski definition) is 0. The number of hydrogen-bond acceptors (Lipinski definition) is 6. The maximum Gasteiger partial charge on any atom is 0.414 e. The van der Waals surface area contributed by atoms with Crippen LogP contribution in [-0.2, 0) is 4.74 Å². The Kier molecular flexibility index (Phi) is 7.13. The van der Waals surface area contributed by atoms with Crippen LogP contribution >= 0.6 is 12.4 Å². The number of ether oxygens (including phenoxy) is 2. The number of nitrogens with zero attached hydrogens (tertiary/aromatic N) is 4. The van der Waals surface area contributed by atoms with Gasteiger partial charge in [-0.25, -0.2) is 9.78 Å². The van der Waals surface area contributed by atoms with Crippen molar-refractivity contribution in [2.45, 2.75) is 26.8 Å². The van der Waals surface area contributed by atoms with E-state index in [1.165, 1.54) is 7.11 Å². The molecule has 9 heteroatoms. The Hall–Kier alpha value is -3.00. The quantitative estimate of drug-likeness (QED) is 0.695. The second kappa shape index (κ2) is 9.65. The Morgan fingerprint density at radius 1 is 1.16 bits per heavy atom. The summed E-state index contributed by atoms with van der Waals surface area (Å²) >= 11 is 0. The van der Waals surface area contributed by atoms with E-state index in [4.69, 9.17) is 9.47 Å². The van der Waals surface area contributed by atoms with Crippen molar-refractivity contribution in [3.05, 3.63) is 47.2 Å². The van der Waals surface area contributed by atoms with E-state index in [2.05, 4.69) is 22.9 Å². The van der Waals surface area contributed by atoms with E-state index in [1.54, 1.807) is 23.1 Å². The first kappa shape index (κ1) is 23.7. The minimum absolute atomic E-state index is 0. The summed E-state index contributed by atoms with van der Waals surface area (Å²) in [7, 11) is 1.53. The third-order valence-corrected chi connectivity index (χ3v) is 5.83. The summed E-state index contributed by atoms with van der Waals surface area (Å²) in [4.78, 5) is 35.4. The molecule has 0 unspecified atom stereocenters. The lowest BCUT2D eigenvalue weighted by molar-refractivity contribution is 0.0743. The number of aromatic nitrogens is 1. The van der Waals surface area contributed by atoms with Crippen molar-refractivity contribution in [2.24, 2.45) is 0 Å². The number of methoxy groups -OCH3 is 1. The zero-order valence-electron chi connectivity index (χ0n) is 18.8. The number of carbonyl (C=O) groups excluding carboxylic acids is 2. The third kappa shape index (κ3) is 4.46. The van der Waals surface area contributed by atoms with Crippen molar-refractivity contribution in [1.29, 1.82) is 0 Å². The van der Waals surface area contributed by atoms with Gasteiger partial charge in [-0.3, -0.25) is 9.69 Å². The highest BCUT2D eigenvalue weighted by molar-refractivity contribution is 5.99. The Morgan fingerprint density at radius 2 is 1.88 bits per heavy atom. The topological polar surface area (TPSA) is 75.2 Å². The fraction of sp³-hybridized carbons (Fsp3) is 0.435. The van der Waals surface area contributed by atoms with Crippen LogP contribution in [0.25, 0.3) is 0 Å². The summed E-state index contributed by atoms with van der Waals surface area (Å²) in [6.07, 6.45) is 1.49. The number of halogens is 1. The standard InChI is InChI=1S/C23H28N4O4.ClH/c1-15-11-16(2)21(24-13-15)25-7-9-26(10-8-25)22(28)19-6-5-18(12-20(19)30-4)27-17(3)14-31-23(27)29;/h5-6,11-13,17H,7-10,14H2,1-4H3;1H/t17-;/m1./s1. The van der Waals surface area contributed by atoms with Gasteiger partial charge in [0.25, 0.3) is 5.91 Å². The van der Waals surface area contributed by atoms with Gasteiger partial charge >= 0.3 is 6.09 Å². The molecule has 2 amide bonds. The molecule has 172 valence electrons. The first-order valence-corrected chi connectivity index (χ1v) is 10.5. The minimum Gasteiger partial charge on any atom is -0.496 e. The summed E-state index contributed by atoms with van der Waals surface area (Å²) in [5.74, 6) is 1.35. The van der Waals surface area contributed by atoms with Gasteiger partial charge in [-0.2, -0.15) is 0 Å². The van der Waals surface area contributed by atoms with E-state index in [1.807, 2.05) is 24.9 Å². The van der Waals surface area contributed by atoms with E-state index in [0.29, 0.717) is 36.7 Å². The molecule has 8 nitrogen and oxygen atoms in total. The molecule has 4 rings (SSSR count). The van der Waals surface area contributed by atoms with Crippen molar-refractivity contribution in [3.8, 4) is 5.75 Å². The lowest BCUT2D eigenvalue weighted by Crippen LogP contribution is -2.49. The highest BCUT2D eigenvalue weighted by Gasteiger charge is 2.32. The number of carbonyl (C=O) groups is 2. The molecule has 1 aromatic heterocycles. The smallest absolute Gasteiger partial charge is 0.414 e. The molecule has 3 heterocycles. The van der Waals surface area contributed by atoms with E-state index in [9.17, 15) is 9.59 Å². The molecule has 2 aromatic rings. The van der Waals surface area contributed by atoms with Crippen LogP contribution in [0.1, 0.15) is 28.4 Å². The van der Waals surface area contributed by atoms with Crippen LogP contribution < -0.4 is 14.5 Å². The number of piperazine rings is 1. The van der Waals surface area contributed by atoms with Gasteiger partial charge in [-0.1, -0.05) is 6.07 Å². The Morgan fingerprint density at radius 3 is 2.47 bits per heavy atom. The molecule has 0 spiro atoms. The molecule has 0 saturated carbocycles. The zero-order chi connectivity index (χ0) is 22.1. The highest BCUT2D eigenvalue weighted by Crippen LogP contribution is 2.30. The predicted molar refractivity (Wildman–Crippen MR) is 125 cm³/mol. The van der Waals surface area contributed by atoms with Crippen molar-refractivity contribution in [1.82, 2.24) is 9.88 Å². The summed E-state index contributed by atoms with van der Waals surface area (Å²) in [6, 6.07) is 7.29. The molecule has 2 aliphatic rings. The lowest BCUT2D eigenvalue weighted by atomic mass is 10.1. The molecule has 32 heavy (non-hydrogen) atoms. The van der Waals surface area contributed by atoms with Crippen LogP contribution in [0.4, 0.5) is 16.3 Å². The maximum absolute atomic E-state index is 13.2. The van der Waals surface area contributed by atoms with Gasteiger partial charge in [0.15, 0.2) is 0 Å². The van der Waals surface area contributed by atoms with Gasteiger partial charge in [0.2, 0.25) is 0 Å². The summed E-state index contributed by atoms with van der Waals surface area (Å²) in [5, 5.41) is 0. The monoisotopic (exact) mass is 460 g/mol. The molecule has 0 bridgehead atoms. The molecular formula is C23H29ClN4O4. The normalized spacial score (nSPS) is 18.3. The van der Waals surface area contributed by atoms with Crippen LogP contribution in [-0.4, -0.2) is 67.8 Å². The SMILES string of the molecule is COc1cc(N2C(=O)OC[C@H]2C)ccc1C(=O)N1CCN(c2ncc(C)cc2C)CC1.Cl. The Bertz CT molecular complexity index is 1010. The number of anilines is 2. The molecule has 2 fully saturated rings. The summed E-state index contributed by atoms with van der Waals surface area (Å²) in [6.45, 7) is 9.02. The van der Waals surface area contributed by atoms with Crippen molar-refractivity contribution < 1.29 is 19.1 Å². The first-order valence-electron chi connectivity index (χ1n) is 10.5.